The minimum absolute atomic E-state index is 0.534. The van der Waals surface area contributed by atoms with Crippen LogP contribution in [0.4, 0.5) is 5.69 Å². The van der Waals surface area contributed by atoms with E-state index in [0.29, 0.717) is 23.1 Å². The molecule has 0 bridgehead atoms. The average Bonchev–Trinajstić information content (AvgIpc) is 2.46. The van der Waals surface area contributed by atoms with Gasteiger partial charge in [-0.2, -0.15) is 0 Å². The minimum atomic E-state index is 0.534. The van der Waals surface area contributed by atoms with E-state index in [-0.39, 0.29) is 0 Å². The maximum absolute atomic E-state index is 6.12. The monoisotopic (exact) mass is 311 g/mol. The number of ether oxygens (including phenoxy) is 2. The highest BCUT2D eigenvalue weighted by molar-refractivity contribution is 6.32. The van der Waals surface area contributed by atoms with Gasteiger partial charge >= 0.3 is 0 Å². The molecular weight excluding hydrogens is 297 g/mol. The van der Waals surface area contributed by atoms with Crippen LogP contribution in [0, 0.1) is 0 Å². The van der Waals surface area contributed by atoms with Crippen LogP contribution < -0.4 is 14.8 Å². The SMILES string of the molecule is COc1cc(OC)c(NCc2ccc(Cl)cc2)cc1Cl. The number of nitrogens with one attached hydrogen (secondary N) is 1. The van der Waals surface area contributed by atoms with Gasteiger partial charge in [0.15, 0.2) is 0 Å². The molecule has 0 fully saturated rings. The number of rotatable bonds is 5. The van der Waals surface area contributed by atoms with E-state index in [1.54, 1.807) is 26.4 Å². The van der Waals surface area contributed by atoms with E-state index in [0.717, 1.165) is 16.3 Å². The summed E-state index contributed by atoms with van der Waals surface area (Å²) in [6, 6.07) is 11.2. The first kappa shape index (κ1) is 14.8. The molecule has 0 saturated heterocycles. The van der Waals surface area contributed by atoms with E-state index in [2.05, 4.69) is 5.32 Å². The largest absolute Gasteiger partial charge is 0.495 e. The van der Waals surface area contributed by atoms with E-state index in [9.17, 15) is 0 Å². The van der Waals surface area contributed by atoms with Gasteiger partial charge in [-0.15, -0.1) is 0 Å². The summed E-state index contributed by atoms with van der Waals surface area (Å²) in [6.07, 6.45) is 0. The third-order valence-corrected chi connectivity index (χ3v) is 3.42. The Labute approximate surface area is 128 Å². The van der Waals surface area contributed by atoms with Crippen molar-refractivity contribution in [2.75, 3.05) is 19.5 Å². The predicted molar refractivity (Wildman–Crippen MR) is 83.3 cm³/mol. The maximum atomic E-state index is 6.12. The zero-order chi connectivity index (χ0) is 14.5. The molecule has 0 spiro atoms. The van der Waals surface area contributed by atoms with Crippen molar-refractivity contribution in [1.29, 1.82) is 0 Å². The maximum Gasteiger partial charge on any atom is 0.145 e. The van der Waals surface area contributed by atoms with Crippen LogP contribution in [0.5, 0.6) is 11.5 Å². The molecule has 0 unspecified atom stereocenters. The van der Waals surface area contributed by atoms with Crippen LogP contribution >= 0.6 is 23.2 Å². The Hall–Kier alpha value is -1.58. The minimum Gasteiger partial charge on any atom is -0.495 e. The number of benzene rings is 2. The van der Waals surface area contributed by atoms with Crippen LogP contribution in [0.15, 0.2) is 36.4 Å². The van der Waals surface area contributed by atoms with Gasteiger partial charge in [-0.25, -0.2) is 0 Å². The summed E-state index contributed by atoms with van der Waals surface area (Å²) in [5.41, 5.74) is 1.93. The lowest BCUT2D eigenvalue weighted by atomic mass is 10.2. The Morgan fingerprint density at radius 3 is 2.20 bits per heavy atom. The standard InChI is InChI=1S/C15H15Cl2NO2/c1-19-14-8-15(20-2)13(7-12(14)17)18-9-10-3-5-11(16)6-4-10/h3-8,18H,9H2,1-2H3. The van der Waals surface area contributed by atoms with Crippen molar-refractivity contribution in [2.45, 2.75) is 6.54 Å². The van der Waals surface area contributed by atoms with E-state index < -0.39 is 0 Å². The van der Waals surface area contributed by atoms with Gasteiger partial charge < -0.3 is 14.8 Å². The molecule has 0 heterocycles. The molecular formula is C15H15Cl2NO2. The molecule has 0 saturated carbocycles. The first-order valence-corrected chi connectivity index (χ1v) is 6.79. The zero-order valence-electron chi connectivity index (χ0n) is 11.2. The van der Waals surface area contributed by atoms with Gasteiger partial charge in [-0.3, -0.25) is 0 Å². The molecule has 0 radical (unpaired) electrons. The Bertz CT molecular complexity index is 585. The van der Waals surface area contributed by atoms with E-state index in [1.807, 2.05) is 24.3 Å². The Morgan fingerprint density at radius 2 is 1.60 bits per heavy atom. The average molecular weight is 312 g/mol. The summed E-state index contributed by atoms with van der Waals surface area (Å²) in [7, 11) is 3.18. The lowest BCUT2D eigenvalue weighted by Crippen LogP contribution is -2.02. The van der Waals surface area contributed by atoms with Gasteiger partial charge in [-0.05, 0) is 23.8 Å². The number of anilines is 1. The Morgan fingerprint density at radius 1 is 0.950 bits per heavy atom. The molecule has 0 atom stereocenters. The number of hydrogen-bond acceptors (Lipinski definition) is 3. The lowest BCUT2D eigenvalue weighted by Gasteiger charge is -2.14. The van der Waals surface area contributed by atoms with Crippen LogP contribution in [0.25, 0.3) is 0 Å². The molecule has 3 nitrogen and oxygen atoms in total. The van der Waals surface area contributed by atoms with Crippen molar-refractivity contribution in [3.05, 3.63) is 52.0 Å². The number of methoxy groups -OCH3 is 2. The third-order valence-electron chi connectivity index (χ3n) is 2.87. The zero-order valence-corrected chi connectivity index (χ0v) is 12.8. The highest BCUT2D eigenvalue weighted by Crippen LogP contribution is 2.36. The van der Waals surface area contributed by atoms with Gasteiger partial charge in [0.05, 0.1) is 24.9 Å². The molecule has 0 aliphatic heterocycles. The van der Waals surface area contributed by atoms with Crippen molar-refractivity contribution < 1.29 is 9.47 Å². The van der Waals surface area contributed by atoms with E-state index in [4.69, 9.17) is 32.7 Å². The quantitative estimate of drug-likeness (QED) is 0.873. The molecule has 106 valence electrons. The Kier molecular flexibility index (Phi) is 4.99. The second kappa shape index (κ2) is 6.73. The molecule has 0 aliphatic rings. The van der Waals surface area contributed by atoms with E-state index >= 15 is 0 Å². The van der Waals surface area contributed by atoms with Crippen molar-refractivity contribution >= 4 is 28.9 Å². The normalized spacial score (nSPS) is 10.2. The Balaban J connectivity index is 2.16. The van der Waals surface area contributed by atoms with Crippen LogP contribution in [0.2, 0.25) is 10.0 Å². The molecule has 5 heteroatoms. The molecule has 2 rings (SSSR count). The summed E-state index contributed by atoms with van der Waals surface area (Å²) in [6.45, 7) is 0.649. The summed E-state index contributed by atoms with van der Waals surface area (Å²) >= 11 is 12.0. The molecule has 0 amide bonds. The molecule has 0 aromatic heterocycles. The van der Waals surface area contributed by atoms with Gasteiger partial charge in [0.1, 0.15) is 11.5 Å². The fourth-order valence-corrected chi connectivity index (χ4v) is 2.16. The summed E-state index contributed by atoms with van der Waals surface area (Å²) in [4.78, 5) is 0. The smallest absolute Gasteiger partial charge is 0.145 e. The van der Waals surface area contributed by atoms with Crippen LogP contribution in [-0.2, 0) is 6.54 Å². The van der Waals surface area contributed by atoms with Crippen molar-refractivity contribution in [3.8, 4) is 11.5 Å². The van der Waals surface area contributed by atoms with Crippen LogP contribution in [0.3, 0.4) is 0 Å². The highest BCUT2D eigenvalue weighted by Gasteiger charge is 2.09. The van der Waals surface area contributed by atoms with Crippen LogP contribution in [-0.4, -0.2) is 14.2 Å². The highest BCUT2D eigenvalue weighted by atomic mass is 35.5. The van der Waals surface area contributed by atoms with E-state index in [1.165, 1.54) is 0 Å². The van der Waals surface area contributed by atoms with Crippen molar-refractivity contribution in [2.24, 2.45) is 0 Å². The lowest BCUT2D eigenvalue weighted by molar-refractivity contribution is 0.395. The fourth-order valence-electron chi connectivity index (χ4n) is 1.80. The molecule has 2 aromatic rings. The van der Waals surface area contributed by atoms with Gasteiger partial charge in [0.25, 0.3) is 0 Å². The van der Waals surface area contributed by atoms with Gasteiger partial charge in [-0.1, -0.05) is 35.3 Å². The summed E-state index contributed by atoms with van der Waals surface area (Å²) < 4.78 is 10.5. The second-order valence-electron chi connectivity index (χ2n) is 4.17. The molecule has 20 heavy (non-hydrogen) atoms. The van der Waals surface area contributed by atoms with Crippen LogP contribution in [0.1, 0.15) is 5.56 Å². The third kappa shape index (κ3) is 3.50. The van der Waals surface area contributed by atoms with Crippen molar-refractivity contribution in [1.82, 2.24) is 0 Å². The van der Waals surface area contributed by atoms with Gasteiger partial charge in [0, 0.05) is 17.6 Å². The van der Waals surface area contributed by atoms with Gasteiger partial charge in [0.2, 0.25) is 0 Å². The number of hydrogen-bond donors (Lipinski definition) is 1. The van der Waals surface area contributed by atoms with Crippen molar-refractivity contribution in [3.63, 3.8) is 0 Å². The fraction of sp³-hybridized carbons (Fsp3) is 0.200. The molecule has 1 N–H and O–H groups in total. The summed E-state index contributed by atoms with van der Waals surface area (Å²) in [5, 5.41) is 4.54. The molecule has 2 aromatic carbocycles. The molecule has 0 aliphatic carbocycles. The predicted octanol–water partition coefficient (Wildman–Crippen LogP) is 4.62. The second-order valence-corrected chi connectivity index (χ2v) is 5.01. The first-order chi connectivity index (χ1) is 9.63. The first-order valence-electron chi connectivity index (χ1n) is 6.04. The summed E-state index contributed by atoms with van der Waals surface area (Å²) in [5.74, 6) is 1.26. The topological polar surface area (TPSA) is 30.5 Å². The number of halogens is 2.